The van der Waals surface area contributed by atoms with Gasteiger partial charge in [0.25, 0.3) is 0 Å². The third kappa shape index (κ3) is 3.30. The molecule has 0 spiro atoms. The fourth-order valence-electron chi connectivity index (χ4n) is 3.19. The maximum absolute atomic E-state index is 10.9. The Balaban J connectivity index is 2.02. The molecule has 1 aliphatic heterocycles. The molecule has 1 N–H and O–H groups in total. The molecule has 0 saturated carbocycles. The molecule has 0 bridgehead atoms. The van der Waals surface area contributed by atoms with Crippen molar-refractivity contribution in [3.8, 4) is 23.0 Å². The van der Waals surface area contributed by atoms with Crippen LogP contribution in [0.2, 0.25) is 0 Å². The second kappa shape index (κ2) is 7.85. The Morgan fingerprint density at radius 1 is 0.962 bits per heavy atom. The quantitative estimate of drug-likeness (QED) is 0.853. The fraction of sp³-hybridized carbons (Fsp3) is 0.400. The number of aliphatic hydroxyl groups excluding tert-OH is 1. The lowest BCUT2D eigenvalue weighted by Crippen LogP contribution is -2.35. The van der Waals surface area contributed by atoms with Gasteiger partial charge in [-0.3, -0.25) is 0 Å². The Kier molecular flexibility index (Phi) is 5.54. The van der Waals surface area contributed by atoms with Gasteiger partial charge in [-0.2, -0.15) is 0 Å². The second-order valence-electron chi connectivity index (χ2n) is 5.92. The van der Waals surface area contributed by atoms with E-state index in [0.717, 1.165) is 11.1 Å². The highest BCUT2D eigenvalue weighted by Gasteiger charge is 2.39. The number of hydrogen-bond acceptors (Lipinski definition) is 6. The summed E-state index contributed by atoms with van der Waals surface area (Å²) in [5.74, 6) is 2.50. The summed E-state index contributed by atoms with van der Waals surface area (Å²) < 4.78 is 27.9. The zero-order valence-corrected chi connectivity index (χ0v) is 15.4. The number of ether oxygens (including phenoxy) is 5. The lowest BCUT2D eigenvalue weighted by atomic mass is 9.91. The molecule has 2 aromatic rings. The van der Waals surface area contributed by atoms with E-state index >= 15 is 0 Å². The molecule has 3 rings (SSSR count). The van der Waals surface area contributed by atoms with Gasteiger partial charge >= 0.3 is 0 Å². The second-order valence-corrected chi connectivity index (χ2v) is 5.92. The van der Waals surface area contributed by atoms with Crippen molar-refractivity contribution in [1.29, 1.82) is 0 Å². The number of aliphatic hydroxyl groups is 1. The molecule has 26 heavy (non-hydrogen) atoms. The minimum absolute atomic E-state index is 0.478. The smallest absolute Gasteiger partial charge is 0.161 e. The maximum Gasteiger partial charge on any atom is 0.161 e. The van der Waals surface area contributed by atoms with Crippen LogP contribution in [0.5, 0.6) is 23.0 Å². The van der Waals surface area contributed by atoms with Crippen molar-refractivity contribution < 1.29 is 28.8 Å². The molecule has 0 aliphatic carbocycles. The van der Waals surface area contributed by atoms with Crippen molar-refractivity contribution in [2.75, 3.05) is 27.9 Å². The first-order valence-electron chi connectivity index (χ1n) is 8.49. The Morgan fingerprint density at radius 3 is 2.38 bits per heavy atom. The van der Waals surface area contributed by atoms with Gasteiger partial charge in [-0.05, 0) is 36.8 Å². The summed E-state index contributed by atoms with van der Waals surface area (Å²) >= 11 is 0. The van der Waals surface area contributed by atoms with Crippen LogP contribution in [0.25, 0.3) is 0 Å². The Labute approximate surface area is 153 Å². The third-order valence-corrected chi connectivity index (χ3v) is 4.48. The Hall–Kier alpha value is -2.44. The van der Waals surface area contributed by atoms with E-state index in [4.69, 9.17) is 23.7 Å². The Bertz CT molecular complexity index is 760. The number of rotatable bonds is 6. The number of hydrogen-bond donors (Lipinski definition) is 1. The Morgan fingerprint density at radius 2 is 1.73 bits per heavy atom. The number of methoxy groups -OCH3 is 3. The van der Waals surface area contributed by atoms with Crippen LogP contribution in [0.4, 0.5) is 0 Å². The van der Waals surface area contributed by atoms with E-state index < -0.39 is 18.3 Å². The van der Waals surface area contributed by atoms with Crippen molar-refractivity contribution in [2.24, 2.45) is 0 Å². The van der Waals surface area contributed by atoms with Crippen molar-refractivity contribution in [2.45, 2.75) is 25.2 Å². The van der Waals surface area contributed by atoms with E-state index in [1.807, 2.05) is 25.1 Å². The molecule has 0 unspecified atom stereocenters. The van der Waals surface area contributed by atoms with Crippen molar-refractivity contribution in [3.05, 3.63) is 47.5 Å². The van der Waals surface area contributed by atoms with Gasteiger partial charge in [0.05, 0.1) is 21.3 Å². The third-order valence-electron chi connectivity index (χ3n) is 4.48. The molecule has 6 nitrogen and oxygen atoms in total. The van der Waals surface area contributed by atoms with E-state index in [1.54, 1.807) is 39.5 Å². The first-order chi connectivity index (χ1) is 12.6. The van der Waals surface area contributed by atoms with Crippen LogP contribution in [-0.4, -0.2) is 39.1 Å². The molecule has 3 atom stereocenters. The molecule has 0 amide bonds. The zero-order chi connectivity index (χ0) is 18.7. The van der Waals surface area contributed by atoms with Crippen LogP contribution in [0.1, 0.15) is 30.3 Å². The van der Waals surface area contributed by atoms with Crippen molar-refractivity contribution in [1.82, 2.24) is 0 Å². The van der Waals surface area contributed by atoms with Crippen LogP contribution >= 0.6 is 0 Å². The molecule has 140 valence electrons. The average molecular weight is 360 g/mol. The highest BCUT2D eigenvalue weighted by atomic mass is 16.5. The van der Waals surface area contributed by atoms with Gasteiger partial charge in [-0.25, -0.2) is 0 Å². The average Bonchev–Trinajstić information content (AvgIpc) is 2.68. The molecule has 0 radical (unpaired) electrons. The largest absolute Gasteiger partial charge is 0.497 e. The summed E-state index contributed by atoms with van der Waals surface area (Å²) in [5.41, 5.74) is 1.57. The van der Waals surface area contributed by atoms with Gasteiger partial charge in [0.2, 0.25) is 0 Å². The first-order valence-corrected chi connectivity index (χ1v) is 8.49. The van der Waals surface area contributed by atoms with Crippen LogP contribution in [0.3, 0.4) is 0 Å². The molecule has 6 heteroatoms. The van der Waals surface area contributed by atoms with Gasteiger partial charge in [-0.1, -0.05) is 6.07 Å². The van der Waals surface area contributed by atoms with Crippen molar-refractivity contribution in [3.63, 3.8) is 0 Å². The predicted molar refractivity (Wildman–Crippen MR) is 96.3 cm³/mol. The summed E-state index contributed by atoms with van der Waals surface area (Å²) in [5, 5.41) is 10.9. The summed E-state index contributed by atoms with van der Waals surface area (Å²) in [7, 11) is 4.76. The van der Waals surface area contributed by atoms with E-state index in [9.17, 15) is 5.11 Å². The SMILES string of the molecule is CCO[C@@H]1c2ccc(OC)cc2O[C@H](c2ccc(OC)c(OC)c2)[C@H]1O. The predicted octanol–water partition coefficient (Wildman–Crippen LogP) is 3.28. The summed E-state index contributed by atoms with van der Waals surface area (Å²) in [6, 6.07) is 11.0. The molecule has 0 aromatic heterocycles. The first kappa shape index (κ1) is 18.4. The molecular formula is C20H24O6. The van der Waals surface area contributed by atoms with Gasteiger partial charge in [0.1, 0.15) is 23.7 Å². The molecule has 0 saturated heterocycles. The van der Waals surface area contributed by atoms with E-state index in [1.165, 1.54) is 0 Å². The van der Waals surface area contributed by atoms with Crippen LogP contribution in [-0.2, 0) is 4.74 Å². The van der Waals surface area contributed by atoms with Crippen LogP contribution in [0, 0.1) is 0 Å². The summed E-state index contributed by atoms with van der Waals surface area (Å²) in [6.07, 6.45) is -1.97. The van der Waals surface area contributed by atoms with Gasteiger partial charge < -0.3 is 28.8 Å². The minimum atomic E-state index is -0.867. The normalized spacial score (nSPS) is 21.5. The van der Waals surface area contributed by atoms with E-state index in [-0.39, 0.29) is 0 Å². The highest BCUT2D eigenvalue weighted by molar-refractivity contribution is 5.47. The van der Waals surface area contributed by atoms with Gasteiger partial charge in [0, 0.05) is 18.2 Å². The number of benzene rings is 2. The lowest BCUT2D eigenvalue weighted by Gasteiger charge is -2.37. The summed E-state index contributed by atoms with van der Waals surface area (Å²) in [6.45, 7) is 2.38. The van der Waals surface area contributed by atoms with E-state index in [2.05, 4.69) is 0 Å². The minimum Gasteiger partial charge on any atom is -0.497 e. The highest BCUT2D eigenvalue weighted by Crippen LogP contribution is 2.45. The fourth-order valence-corrected chi connectivity index (χ4v) is 3.19. The standard InChI is InChI=1S/C20H24O6/c1-5-25-20-14-8-7-13(22-2)11-16(14)26-19(18(20)21)12-6-9-15(23-3)17(10-12)24-4/h6-11,18-21H,5H2,1-4H3/t18-,19-,20-/m1/s1. The molecule has 1 aliphatic rings. The van der Waals surface area contributed by atoms with Gasteiger partial charge in [-0.15, -0.1) is 0 Å². The van der Waals surface area contributed by atoms with Crippen LogP contribution in [0.15, 0.2) is 36.4 Å². The van der Waals surface area contributed by atoms with Crippen LogP contribution < -0.4 is 18.9 Å². The monoisotopic (exact) mass is 360 g/mol. The van der Waals surface area contributed by atoms with Gasteiger partial charge in [0.15, 0.2) is 17.6 Å². The lowest BCUT2D eigenvalue weighted by molar-refractivity contribution is -0.0991. The number of fused-ring (bicyclic) bond motifs is 1. The maximum atomic E-state index is 10.9. The van der Waals surface area contributed by atoms with E-state index in [0.29, 0.717) is 29.6 Å². The topological polar surface area (TPSA) is 66.4 Å². The zero-order valence-electron chi connectivity index (χ0n) is 15.4. The molecule has 0 fully saturated rings. The summed E-state index contributed by atoms with van der Waals surface area (Å²) in [4.78, 5) is 0. The molecular weight excluding hydrogens is 336 g/mol. The van der Waals surface area contributed by atoms with Crippen molar-refractivity contribution >= 4 is 0 Å². The molecule has 2 aromatic carbocycles. The molecule has 1 heterocycles.